The summed E-state index contributed by atoms with van der Waals surface area (Å²) in [5, 5.41) is 16.6. The summed E-state index contributed by atoms with van der Waals surface area (Å²) in [5.74, 6) is 3.58. The zero-order valence-electron chi connectivity index (χ0n) is 16.7. The van der Waals surface area contributed by atoms with Crippen molar-refractivity contribution in [3.8, 4) is 6.07 Å². The number of nitrogens with two attached hydrogens (primary N) is 1. The molecule has 0 aromatic carbocycles. The quantitative estimate of drug-likeness (QED) is 0.721. The van der Waals surface area contributed by atoms with Gasteiger partial charge in [-0.05, 0) is 68.1 Å². The molecule has 150 valence electrons. The van der Waals surface area contributed by atoms with Crippen molar-refractivity contribution in [2.75, 3.05) is 17.2 Å². The zero-order chi connectivity index (χ0) is 19.1. The highest BCUT2D eigenvalue weighted by Crippen LogP contribution is 2.59. The van der Waals surface area contributed by atoms with Crippen molar-refractivity contribution in [2.45, 2.75) is 76.3 Å². The third kappa shape index (κ3) is 3.34. The van der Waals surface area contributed by atoms with E-state index in [0.717, 1.165) is 12.5 Å². The van der Waals surface area contributed by atoms with Gasteiger partial charge in [-0.2, -0.15) is 10.2 Å². The molecule has 28 heavy (non-hydrogen) atoms. The predicted octanol–water partition coefficient (Wildman–Crippen LogP) is 3.66. The molecular weight excluding hydrogens is 348 g/mol. The van der Waals surface area contributed by atoms with Crippen LogP contribution in [0.15, 0.2) is 6.20 Å². The largest absolute Gasteiger partial charge is 0.368 e. The van der Waals surface area contributed by atoms with Gasteiger partial charge in [-0.15, -0.1) is 0 Å². The van der Waals surface area contributed by atoms with Crippen LogP contribution in [0.3, 0.4) is 0 Å². The van der Waals surface area contributed by atoms with Gasteiger partial charge < -0.3 is 16.4 Å². The third-order valence-electron chi connectivity index (χ3n) is 7.95. The lowest BCUT2D eigenvalue weighted by molar-refractivity contribution is -0.0591. The Kier molecular flexibility index (Phi) is 4.66. The lowest BCUT2D eigenvalue weighted by Crippen LogP contribution is -2.58. The van der Waals surface area contributed by atoms with Gasteiger partial charge in [-0.25, -0.2) is 4.98 Å². The van der Waals surface area contributed by atoms with Crippen molar-refractivity contribution >= 4 is 11.8 Å². The van der Waals surface area contributed by atoms with Gasteiger partial charge >= 0.3 is 0 Å². The average molecular weight is 381 g/mol. The monoisotopic (exact) mass is 380 g/mol. The summed E-state index contributed by atoms with van der Waals surface area (Å²) in [4.78, 5) is 9.08. The Morgan fingerprint density at radius 1 is 1.14 bits per heavy atom. The Morgan fingerprint density at radius 3 is 2.61 bits per heavy atom. The van der Waals surface area contributed by atoms with E-state index >= 15 is 0 Å². The minimum Gasteiger partial charge on any atom is -0.368 e. The minimum atomic E-state index is 0.334. The highest BCUT2D eigenvalue weighted by Gasteiger charge is 2.54. The number of nitriles is 1. The van der Waals surface area contributed by atoms with E-state index in [9.17, 15) is 5.26 Å². The molecule has 1 aromatic heterocycles. The maximum atomic E-state index is 9.52. The van der Waals surface area contributed by atoms with Crippen LogP contribution in [-0.2, 0) is 0 Å². The molecule has 4 N–H and O–H groups in total. The molecular formula is C22H32N6. The van der Waals surface area contributed by atoms with Crippen LogP contribution in [0.1, 0.15) is 69.8 Å². The Bertz CT molecular complexity index is 749. The fourth-order valence-corrected chi connectivity index (χ4v) is 6.82. The second-order valence-corrected chi connectivity index (χ2v) is 9.95. The van der Waals surface area contributed by atoms with Gasteiger partial charge in [0.25, 0.3) is 0 Å². The van der Waals surface area contributed by atoms with Gasteiger partial charge in [0, 0.05) is 18.6 Å². The van der Waals surface area contributed by atoms with Crippen molar-refractivity contribution < 1.29 is 0 Å². The van der Waals surface area contributed by atoms with Crippen LogP contribution in [0.4, 0.5) is 11.8 Å². The highest BCUT2D eigenvalue weighted by atomic mass is 15.2. The van der Waals surface area contributed by atoms with Crippen molar-refractivity contribution in [2.24, 2.45) is 28.9 Å². The molecule has 5 saturated carbocycles. The molecule has 0 saturated heterocycles. The number of nitrogens with one attached hydrogen (secondary N) is 2. The zero-order valence-corrected chi connectivity index (χ0v) is 16.7. The molecule has 0 amide bonds. The molecule has 4 bridgehead atoms. The molecule has 5 fully saturated rings. The first-order chi connectivity index (χ1) is 13.6. The summed E-state index contributed by atoms with van der Waals surface area (Å²) in [6.07, 6.45) is 14.3. The lowest BCUT2D eigenvalue weighted by Gasteiger charge is -2.59. The fourth-order valence-electron chi connectivity index (χ4n) is 6.82. The van der Waals surface area contributed by atoms with E-state index in [-0.39, 0.29) is 0 Å². The molecule has 0 radical (unpaired) electrons. The van der Waals surface area contributed by atoms with E-state index in [4.69, 9.17) is 5.73 Å². The van der Waals surface area contributed by atoms with Gasteiger partial charge in [0.1, 0.15) is 17.5 Å². The number of rotatable bonds is 5. The molecule has 5 aliphatic rings. The second-order valence-electron chi connectivity index (χ2n) is 9.95. The van der Waals surface area contributed by atoms with E-state index in [1.165, 1.54) is 64.2 Å². The van der Waals surface area contributed by atoms with Crippen LogP contribution in [0.2, 0.25) is 0 Å². The molecule has 6 heteroatoms. The van der Waals surface area contributed by atoms with Gasteiger partial charge in [0.2, 0.25) is 5.95 Å². The SMILES string of the molecule is N#Cc1cnc(NC2CCCCC2)nc1NCC12CC3C[C@H](C1)C(N)[C@@H](C3)C2. The maximum Gasteiger partial charge on any atom is 0.224 e. The number of hydrogen-bond acceptors (Lipinski definition) is 6. The molecule has 1 aromatic rings. The number of hydrogen-bond donors (Lipinski definition) is 3. The first kappa shape index (κ1) is 18.2. The molecule has 5 atom stereocenters. The van der Waals surface area contributed by atoms with Gasteiger partial charge in [0.05, 0.1) is 6.20 Å². The molecule has 5 aliphatic carbocycles. The van der Waals surface area contributed by atoms with E-state index in [1.807, 2.05) is 0 Å². The summed E-state index contributed by atoms with van der Waals surface area (Å²) >= 11 is 0. The van der Waals surface area contributed by atoms with E-state index in [1.54, 1.807) is 6.20 Å². The number of aromatic nitrogens is 2. The molecule has 1 heterocycles. The molecule has 0 aliphatic heterocycles. The lowest BCUT2D eigenvalue weighted by atomic mass is 9.48. The van der Waals surface area contributed by atoms with E-state index in [2.05, 4.69) is 26.7 Å². The third-order valence-corrected chi connectivity index (χ3v) is 7.95. The Morgan fingerprint density at radius 2 is 1.89 bits per heavy atom. The van der Waals surface area contributed by atoms with Gasteiger partial charge in [-0.3, -0.25) is 0 Å². The topological polar surface area (TPSA) is 99.6 Å². The Balaban J connectivity index is 1.29. The normalized spacial score (nSPS) is 36.9. The standard InChI is InChI=1S/C22H32N6/c23-11-17-12-25-21(27-18-4-2-1-3-5-18)28-20(17)26-13-22-8-14-6-15(9-22)19(24)16(7-14)10-22/h12,14-16,18-19H,1-10,13,24H2,(H2,25,26,27,28)/t14?,15-,16+,19?,22?. The molecule has 0 spiro atoms. The summed E-state index contributed by atoms with van der Waals surface area (Å²) in [5.41, 5.74) is 7.37. The Labute approximate surface area is 167 Å². The fraction of sp³-hybridized carbons (Fsp3) is 0.773. The average Bonchev–Trinajstić information content (AvgIpc) is 2.71. The van der Waals surface area contributed by atoms with Crippen molar-refractivity contribution in [1.29, 1.82) is 5.26 Å². The van der Waals surface area contributed by atoms with Crippen molar-refractivity contribution in [1.82, 2.24) is 9.97 Å². The summed E-state index contributed by atoms with van der Waals surface area (Å²) in [6, 6.07) is 3.12. The number of anilines is 2. The smallest absolute Gasteiger partial charge is 0.224 e. The highest BCUT2D eigenvalue weighted by molar-refractivity contribution is 5.53. The number of nitrogens with zero attached hydrogens (tertiary/aromatic N) is 3. The second kappa shape index (κ2) is 7.18. The van der Waals surface area contributed by atoms with Gasteiger partial charge in [0.15, 0.2) is 0 Å². The van der Waals surface area contributed by atoms with E-state index < -0.39 is 0 Å². The summed E-state index contributed by atoms with van der Waals surface area (Å²) < 4.78 is 0. The predicted molar refractivity (Wildman–Crippen MR) is 110 cm³/mol. The van der Waals surface area contributed by atoms with Crippen LogP contribution in [-0.4, -0.2) is 28.6 Å². The molecule has 6 rings (SSSR count). The first-order valence-corrected chi connectivity index (χ1v) is 11.2. The summed E-state index contributed by atoms with van der Waals surface area (Å²) in [7, 11) is 0. The van der Waals surface area contributed by atoms with Crippen LogP contribution >= 0.6 is 0 Å². The first-order valence-electron chi connectivity index (χ1n) is 11.2. The van der Waals surface area contributed by atoms with Crippen LogP contribution < -0.4 is 16.4 Å². The van der Waals surface area contributed by atoms with Crippen LogP contribution in [0, 0.1) is 34.5 Å². The van der Waals surface area contributed by atoms with Crippen LogP contribution in [0.25, 0.3) is 0 Å². The maximum absolute atomic E-state index is 9.52. The Hall–Kier alpha value is -1.87. The molecule has 3 unspecified atom stereocenters. The molecule has 6 nitrogen and oxygen atoms in total. The van der Waals surface area contributed by atoms with Crippen LogP contribution in [0.5, 0.6) is 0 Å². The van der Waals surface area contributed by atoms with Gasteiger partial charge in [-0.1, -0.05) is 19.3 Å². The minimum absolute atomic E-state index is 0.334. The van der Waals surface area contributed by atoms with E-state index in [0.29, 0.717) is 46.7 Å². The summed E-state index contributed by atoms with van der Waals surface area (Å²) in [6.45, 7) is 0.901. The van der Waals surface area contributed by atoms with Crippen molar-refractivity contribution in [3.05, 3.63) is 11.8 Å². The van der Waals surface area contributed by atoms with Crippen molar-refractivity contribution in [3.63, 3.8) is 0 Å².